The number of hydrogen-bond donors (Lipinski definition) is 1. The minimum Gasteiger partial charge on any atom is -0.497 e. The number of methoxy groups -OCH3 is 1. The third-order valence-electron chi connectivity index (χ3n) is 2.93. The molecular formula is C15H19NOS. The molecule has 0 spiro atoms. The van der Waals surface area contributed by atoms with Crippen LogP contribution in [0.1, 0.15) is 23.4 Å². The van der Waals surface area contributed by atoms with Crippen molar-refractivity contribution in [3.63, 3.8) is 0 Å². The van der Waals surface area contributed by atoms with Gasteiger partial charge in [-0.1, -0.05) is 25.1 Å². The molecule has 2 nitrogen and oxygen atoms in total. The molecule has 0 aliphatic carbocycles. The highest BCUT2D eigenvalue weighted by Crippen LogP contribution is 2.24. The quantitative estimate of drug-likeness (QED) is 0.857. The zero-order valence-electron chi connectivity index (χ0n) is 10.8. The third-order valence-corrected chi connectivity index (χ3v) is 3.83. The molecule has 2 rings (SSSR count). The third kappa shape index (κ3) is 3.34. The lowest BCUT2D eigenvalue weighted by Crippen LogP contribution is -2.22. The van der Waals surface area contributed by atoms with E-state index in [2.05, 4.69) is 41.9 Å². The van der Waals surface area contributed by atoms with Crippen LogP contribution in [0.3, 0.4) is 0 Å². The number of rotatable bonds is 6. The highest BCUT2D eigenvalue weighted by molar-refractivity contribution is 7.09. The first-order valence-electron chi connectivity index (χ1n) is 6.23. The summed E-state index contributed by atoms with van der Waals surface area (Å²) in [5, 5.41) is 5.67. The lowest BCUT2D eigenvalue weighted by molar-refractivity contribution is 0.413. The Labute approximate surface area is 113 Å². The van der Waals surface area contributed by atoms with Crippen molar-refractivity contribution in [2.24, 2.45) is 0 Å². The van der Waals surface area contributed by atoms with Crippen LogP contribution in [-0.2, 0) is 6.42 Å². The largest absolute Gasteiger partial charge is 0.497 e. The number of likely N-dealkylation sites (N-methyl/N-ethyl adjacent to an activating group) is 1. The van der Waals surface area contributed by atoms with Crippen molar-refractivity contribution in [3.8, 4) is 5.75 Å². The molecule has 2 aromatic rings. The van der Waals surface area contributed by atoms with E-state index in [1.807, 2.05) is 23.5 Å². The van der Waals surface area contributed by atoms with Crippen LogP contribution in [0.5, 0.6) is 5.75 Å². The van der Waals surface area contributed by atoms with E-state index in [1.54, 1.807) is 7.11 Å². The fourth-order valence-electron chi connectivity index (χ4n) is 2.04. The first-order valence-corrected chi connectivity index (χ1v) is 7.11. The Morgan fingerprint density at radius 2 is 2.17 bits per heavy atom. The summed E-state index contributed by atoms with van der Waals surface area (Å²) in [5.74, 6) is 0.918. The Morgan fingerprint density at radius 3 is 2.83 bits per heavy atom. The molecule has 0 radical (unpaired) electrons. The number of thiophene rings is 1. The maximum atomic E-state index is 5.29. The van der Waals surface area contributed by atoms with Crippen molar-refractivity contribution in [1.82, 2.24) is 5.32 Å². The van der Waals surface area contributed by atoms with Gasteiger partial charge in [0, 0.05) is 17.3 Å². The Balaban J connectivity index is 2.17. The zero-order valence-corrected chi connectivity index (χ0v) is 11.7. The molecule has 1 N–H and O–H groups in total. The van der Waals surface area contributed by atoms with Crippen LogP contribution in [0.25, 0.3) is 0 Å². The van der Waals surface area contributed by atoms with Gasteiger partial charge in [0.25, 0.3) is 0 Å². The summed E-state index contributed by atoms with van der Waals surface area (Å²) in [5.41, 5.74) is 1.28. The molecule has 0 bridgehead atoms. The number of nitrogens with one attached hydrogen (secondary N) is 1. The second-order valence-electron chi connectivity index (χ2n) is 4.17. The molecule has 0 saturated carbocycles. The van der Waals surface area contributed by atoms with Crippen LogP contribution in [0, 0.1) is 0 Å². The molecule has 0 fully saturated rings. The van der Waals surface area contributed by atoms with Crippen LogP contribution in [0.2, 0.25) is 0 Å². The topological polar surface area (TPSA) is 21.3 Å². The average molecular weight is 261 g/mol. The van der Waals surface area contributed by atoms with Gasteiger partial charge in [0.2, 0.25) is 0 Å². The van der Waals surface area contributed by atoms with E-state index in [4.69, 9.17) is 4.74 Å². The van der Waals surface area contributed by atoms with Gasteiger partial charge < -0.3 is 10.1 Å². The maximum Gasteiger partial charge on any atom is 0.119 e. The van der Waals surface area contributed by atoms with E-state index in [9.17, 15) is 0 Å². The minimum atomic E-state index is 0.351. The fourth-order valence-corrected chi connectivity index (χ4v) is 2.79. The molecule has 18 heavy (non-hydrogen) atoms. The summed E-state index contributed by atoms with van der Waals surface area (Å²) in [6.07, 6.45) is 1.03. The standard InChI is InChI=1S/C15H19NOS/c1-3-16-15(11-14-8-5-9-18-14)12-6-4-7-13(10-12)17-2/h4-10,15-16H,3,11H2,1-2H3. The van der Waals surface area contributed by atoms with Gasteiger partial charge in [-0.25, -0.2) is 0 Å². The summed E-state index contributed by atoms with van der Waals surface area (Å²) in [6.45, 7) is 3.11. The molecule has 1 unspecified atom stereocenters. The molecule has 0 aliphatic rings. The van der Waals surface area contributed by atoms with Gasteiger partial charge in [0.15, 0.2) is 0 Å². The summed E-state index contributed by atoms with van der Waals surface area (Å²) >= 11 is 1.81. The highest BCUT2D eigenvalue weighted by atomic mass is 32.1. The molecule has 0 saturated heterocycles. The van der Waals surface area contributed by atoms with Crippen molar-refractivity contribution in [2.75, 3.05) is 13.7 Å². The van der Waals surface area contributed by atoms with Gasteiger partial charge >= 0.3 is 0 Å². The van der Waals surface area contributed by atoms with E-state index in [0.29, 0.717) is 6.04 Å². The second-order valence-corrected chi connectivity index (χ2v) is 5.20. The van der Waals surface area contributed by atoms with Crippen molar-refractivity contribution >= 4 is 11.3 Å². The van der Waals surface area contributed by atoms with Crippen molar-refractivity contribution in [1.29, 1.82) is 0 Å². The Morgan fingerprint density at radius 1 is 1.28 bits per heavy atom. The lowest BCUT2D eigenvalue weighted by atomic mass is 10.0. The van der Waals surface area contributed by atoms with Gasteiger partial charge in [-0.2, -0.15) is 0 Å². The van der Waals surface area contributed by atoms with E-state index in [-0.39, 0.29) is 0 Å². The first-order chi connectivity index (χ1) is 8.83. The SMILES string of the molecule is CCNC(Cc1cccs1)c1cccc(OC)c1. The monoisotopic (exact) mass is 261 g/mol. The summed E-state index contributed by atoms with van der Waals surface area (Å²) < 4.78 is 5.29. The van der Waals surface area contributed by atoms with E-state index in [1.165, 1.54) is 10.4 Å². The average Bonchev–Trinajstić information content (AvgIpc) is 2.91. The summed E-state index contributed by atoms with van der Waals surface area (Å²) in [7, 11) is 1.71. The molecule has 1 heterocycles. The van der Waals surface area contributed by atoms with E-state index >= 15 is 0 Å². The van der Waals surface area contributed by atoms with Crippen LogP contribution >= 0.6 is 11.3 Å². The predicted molar refractivity (Wildman–Crippen MR) is 77.4 cm³/mol. The molecule has 3 heteroatoms. The zero-order chi connectivity index (χ0) is 12.8. The van der Waals surface area contributed by atoms with E-state index < -0.39 is 0 Å². The number of benzene rings is 1. The second kappa shape index (κ2) is 6.57. The van der Waals surface area contributed by atoms with Crippen LogP contribution in [0.4, 0.5) is 0 Å². The minimum absolute atomic E-state index is 0.351. The fraction of sp³-hybridized carbons (Fsp3) is 0.333. The van der Waals surface area contributed by atoms with Crippen LogP contribution < -0.4 is 10.1 Å². The van der Waals surface area contributed by atoms with Crippen molar-refractivity contribution in [3.05, 3.63) is 52.2 Å². The summed E-state index contributed by atoms with van der Waals surface area (Å²) in [6, 6.07) is 12.9. The maximum absolute atomic E-state index is 5.29. The molecule has 0 amide bonds. The number of ether oxygens (including phenoxy) is 1. The molecule has 1 aromatic heterocycles. The lowest BCUT2D eigenvalue weighted by Gasteiger charge is -2.18. The van der Waals surface area contributed by atoms with Gasteiger partial charge in [0.05, 0.1) is 7.11 Å². The predicted octanol–water partition coefficient (Wildman–Crippen LogP) is 3.65. The van der Waals surface area contributed by atoms with Crippen LogP contribution in [-0.4, -0.2) is 13.7 Å². The Kier molecular flexibility index (Phi) is 4.79. The molecule has 1 atom stereocenters. The van der Waals surface area contributed by atoms with Gasteiger partial charge in [-0.15, -0.1) is 11.3 Å². The van der Waals surface area contributed by atoms with Crippen molar-refractivity contribution < 1.29 is 4.74 Å². The number of hydrogen-bond acceptors (Lipinski definition) is 3. The van der Waals surface area contributed by atoms with E-state index in [0.717, 1.165) is 18.7 Å². The van der Waals surface area contributed by atoms with Gasteiger partial charge in [-0.3, -0.25) is 0 Å². The van der Waals surface area contributed by atoms with Gasteiger partial charge in [-0.05, 0) is 35.7 Å². The first kappa shape index (κ1) is 13.1. The molecule has 96 valence electrons. The van der Waals surface area contributed by atoms with Crippen molar-refractivity contribution in [2.45, 2.75) is 19.4 Å². The smallest absolute Gasteiger partial charge is 0.119 e. The van der Waals surface area contributed by atoms with Crippen LogP contribution in [0.15, 0.2) is 41.8 Å². The Bertz CT molecular complexity index is 467. The summed E-state index contributed by atoms with van der Waals surface area (Å²) in [4.78, 5) is 1.41. The highest BCUT2D eigenvalue weighted by Gasteiger charge is 2.12. The molecule has 1 aromatic carbocycles. The normalized spacial score (nSPS) is 12.3. The Hall–Kier alpha value is -1.32. The molecular weight excluding hydrogens is 242 g/mol. The molecule has 0 aliphatic heterocycles. The van der Waals surface area contributed by atoms with Gasteiger partial charge in [0.1, 0.15) is 5.75 Å².